The van der Waals surface area contributed by atoms with Gasteiger partial charge >= 0.3 is 0 Å². The lowest BCUT2D eigenvalue weighted by molar-refractivity contribution is -0.123. The Morgan fingerprint density at radius 3 is 2.48 bits per heavy atom. The van der Waals surface area contributed by atoms with Gasteiger partial charge in [-0.25, -0.2) is 0 Å². The first-order valence-electron chi connectivity index (χ1n) is 11.6. The third kappa shape index (κ3) is 4.87. The monoisotopic (exact) mass is 513 g/mol. The summed E-state index contributed by atoms with van der Waals surface area (Å²) < 4.78 is 11.7. The standard InChI is InChI=1S/C25H28BrN3O4/c26-19-7-3-6-18(14-19)25(31)29-12-10-28(11-13-29)23(17-4-1-2-5-17)24(30)27-20-8-9-21-22(15-20)33-16-32-21/h3,6-9,14-15,17,23H,1-2,4-5,10-13,16H2,(H,27,30)/t23-/m0/s1. The zero-order valence-electron chi connectivity index (χ0n) is 18.5. The van der Waals surface area contributed by atoms with E-state index in [1.807, 2.05) is 47.4 Å². The van der Waals surface area contributed by atoms with Gasteiger partial charge in [-0.05, 0) is 49.1 Å². The van der Waals surface area contributed by atoms with E-state index in [-0.39, 0.29) is 24.6 Å². The highest BCUT2D eigenvalue weighted by atomic mass is 79.9. The Kier molecular flexibility index (Phi) is 6.55. The first-order valence-corrected chi connectivity index (χ1v) is 12.4. The Labute approximate surface area is 202 Å². The lowest BCUT2D eigenvalue weighted by Crippen LogP contribution is -2.56. The molecule has 1 atom stereocenters. The maximum atomic E-state index is 13.5. The van der Waals surface area contributed by atoms with Gasteiger partial charge in [-0.2, -0.15) is 0 Å². The SMILES string of the molecule is O=C(Nc1ccc2c(c1)OCO2)[C@H](C1CCCC1)N1CCN(C(=O)c2cccc(Br)c2)CC1. The quantitative estimate of drug-likeness (QED) is 0.650. The summed E-state index contributed by atoms with van der Waals surface area (Å²) >= 11 is 3.44. The lowest BCUT2D eigenvalue weighted by atomic mass is 9.94. The van der Waals surface area contributed by atoms with Crippen molar-refractivity contribution >= 4 is 33.4 Å². The van der Waals surface area contributed by atoms with Crippen molar-refractivity contribution in [2.24, 2.45) is 5.92 Å². The second-order valence-electron chi connectivity index (χ2n) is 8.89. The molecule has 0 unspecified atom stereocenters. The summed E-state index contributed by atoms with van der Waals surface area (Å²) in [6.45, 7) is 2.82. The van der Waals surface area contributed by atoms with Crippen molar-refractivity contribution < 1.29 is 19.1 Å². The molecule has 2 aliphatic heterocycles. The van der Waals surface area contributed by atoms with Crippen molar-refractivity contribution in [3.8, 4) is 11.5 Å². The number of fused-ring (bicyclic) bond motifs is 1. The number of rotatable bonds is 5. The molecule has 2 fully saturated rings. The van der Waals surface area contributed by atoms with Crippen molar-refractivity contribution in [1.82, 2.24) is 9.80 Å². The van der Waals surface area contributed by atoms with Gasteiger partial charge in [0, 0.05) is 48.0 Å². The second kappa shape index (κ2) is 9.73. The fourth-order valence-corrected chi connectivity index (χ4v) is 5.55. The van der Waals surface area contributed by atoms with Crippen molar-refractivity contribution in [2.75, 3.05) is 38.3 Å². The predicted molar refractivity (Wildman–Crippen MR) is 129 cm³/mol. The van der Waals surface area contributed by atoms with Gasteiger partial charge in [-0.15, -0.1) is 0 Å². The molecular formula is C25H28BrN3O4. The van der Waals surface area contributed by atoms with E-state index < -0.39 is 0 Å². The number of nitrogens with zero attached hydrogens (tertiary/aromatic N) is 2. The molecule has 1 N–H and O–H groups in total. The van der Waals surface area contributed by atoms with Gasteiger partial charge < -0.3 is 19.7 Å². The van der Waals surface area contributed by atoms with E-state index in [1.54, 1.807) is 0 Å². The molecule has 1 saturated heterocycles. The van der Waals surface area contributed by atoms with E-state index >= 15 is 0 Å². The Bertz CT molecular complexity index is 1030. The van der Waals surface area contributed by atoms with Crippen LogP contribution in [0.1, 0.15) is 36.0 Å². The molecule has 0 bridgehead atoms. The number of anilines is 1. The predicted octanol–water partition coefficient (Wildman–Crippen LogP) is 4.13. The van der Waals surface area contributed by atoms with Crippen LogP contribution in [-0.4, -0.2) is 60.6 Å². The van der Waals surface area contributed by atoms with Gasteiger partial charge in [-0.3, -0.25) is 14.5 Å². The number of benzene rings is 2. The molecule has 2 heterocycles. The summed E-state index contributed by atoms with van der Waals surface area (Å²) in [5, 5.41) is 3.11. The molecule has 1 saturated carbocycles. The summed E-state index contributed by atoms with van der Waals surface area (Å²) in [6.07, 6.45) is 4.46. The zero-order valence-corrected chi connectivity index (χ0v) is 20.1. The van der Waals surface area contributed by atoms with Gasteiger partial charge in [-0.1, -0.05) is 34.8 Å². The van der Waals surface area contributed by atoms with Crippen LogP contribution in [0.3, 0.4) is 0 Å². The molecule has 5 rings (SSSR count). The number of ether oxygens (including phenoxy) is 2. The van der Waals surface area contributed by atoms with Gasteiger partial charge in [0.15, 0.2) is 11.5 Å². The molecule has 0 aromatic heterocycles. The molecular weight excluding hydrogens is 486 g/mol. The lowest BCUT2D eigenvalue weighted by Gasteiger charge is -2.40. The first-order chi connectivity index (χ1) is 16.1. The van der Waals surface area contributed by atoms with E-state index in [9.17, 15) is 9.59 Å². The highest BCUT2D eigenvalue weighted by molar-refractivity contribution is 9.10. The fourth-order valence-electron chi connectivity index (χ4n) is 5.15. The number of hydrogen-bond acceptors (Lipinski definition) is 5. The summed E-state index contributed by atoms with van der Waals surface area (Å²) in [5.41, 5.74) is 1.40. The van der Waals surface area contributed by atoms with Gasteiger partial charge in [0.2, 0.25) is 12.7 Å². The van der Waals surface area contributed by atoms with Crippen LogP contribution in [0.15, 0.2) is 46.9 Å². The van der Waals surface area contributed by atoms with Crippen LogP contribution in [0.4, 0.5) is 5.69 Å². The van der Waals surface area contributed by atoms with Crippen LogP contribution < -0.4 is 14.8 Å². The third-order valence-corrected chi connectivity index (χ3v) is 7.31. The first kappa shape index (κ1) is 22.2. The van der Waals surface area contributed by atoms with Crippen LogP contribution in [0.2, 0.25) is 0 Å². The molecule has 33 heavy (non-hydrogen) atoms. The molecule has 2 aromatic carbocycles. The Morgan fingerprint density at radius 2 is 1.73 bits per heavy atom. The molecule has 2 aromatic rings. The average molecular weight is 514 g/mol. The van der Waals surface area contributed by atoms with Gasteiger partial charge in [0.1, 0.15) is 0 Å². The largest absolute Gasteiger partial charge is 0.454 e. The summed E-state index contributed by atoms with van der Waals surface area (Å²) in [6, 6.07) is 12.8. The van der Waals surface area contributed by atoms with E-state index in [2.05, 4.69) is 26.1 Å². The fraction of sp³-hybridized carbons (Fsp3) is 0.440. The van der Waals surface area contributed by atoms with Crippen LogP contribution >= 0.6 is 15.9 Å². The Morgan fingerprint density at radius 1 is 0.970 bits per heavy atom. The van der Waals surface area contributed by atoms with Crippen molar-refractivity contribution in [2.45, 2.75) is 31.7 Å². The van der Waals surface area contributed by atoms with Crippen molar-refractivity contribution in [1.29, 1.82) is 0 Å². The average Bonchev–Trinajstić information content (AvgIpc) is 3.51. The molecule has 2 amide bonds. The summed E-state index contributed by atoms with van der Waals surface area (Å²) in [7, 11) is 0. The maximum absolute atomic E-state index is 13.5. The minimum atomic E-state index is -0.193. The number of hydrogen-bond donors (Lipinski definition) is 1. The van der Waals surface area contributed by atoms with Gasteiger partial charge in [0.25, 0.3) is 5.91 Å². The minimum absolute atomic E-state index is 0.0209. The number of piperazine rings is 1. The second-order valence-corrected chi connectivity index (χ2v) is 9.80. The molecule has 3 aliphatic rings. The number of carbonyl (C=O) groups excluding carboxylic acids is 2. The molecule has 1 aliphatic carbocycles. The third-order valence-electron chi connectivity index (χ3n) is 6.82. The number of carbonyl (C=O) groups is 2. The molecule has 7 nitrogen and oxygen atoms in total. The van der Waals surface area contributed by atoms with Crippen LogP contribution in [-0.2, 0) is 4.79 Å². The van der Waals surface area contributed by atoms with E-state index in [1.165, 1.54) is 12.8 Å². The topological polar surface area (TPSA) is 71.1 Å². The van der Waals surface area contributed by atoms with E-state index in [0.29, 0.717) is 49.2 Å². The summed E-state index contributed by atoms with van der Waals surface area (Å²) in [4.78, 5) is 30.6. The Balaban J connectivity index is 1.26. The van der Waals surface area contributed by atoms with E-state index in [0.717, 1.165) is 23.0 Å². The molecule has 0 spiro atoms. The Hall–Kier alpha value is -2.58. The van der Waals surface area contributed by atoms with Crippen LogP contribution in [0.5, 0.6) is 11.5 Å². The van der Waals surface area contributed by atoms with Crippen LogP contribution in [0.25, 0.3) is 0 Å². The van der Waals surface area contributed by atoms with Crippen molar-refractivity contribution in [3.05, 3.63) is 52.5 Å². The highest BCUT2D eigenvalue weighted by Crippen LogP contribution is 2.35. The van der Waals surface area contributed by atoms with E-state index in [4.69, 9.17) is 9.47 Å². The smallest absolute Gasteiger partial charge is 0.253 e. The maximum Gasteiger partial charge on any atom is 0.253 e. The molecule has 8 heteroatoms. The minimum Gasteiger partial charge on any atom is -0.454 e. The summed E-state index contributed by atoms with van der Waals surface area (Å²) in [5.74, 6) is 1.76. The normalized spacial score (nSPS) is 19.5. The highest BCUT2D eigenvalue weighted by Gasteiger charge is 2.37. The molecule has 174 valence electrons. The zero-order chi connectivity index (χ0) is 22.8. The number of amides is 2. The van der Waals surface area contributed by atoms with Crippen molar-refractivity contribution in [3.63, 3.8) is 0 Å². The van der Waals surface area contributed by atoms with Crippen LogP contribution in [0, 0.1) is 5.92 Å². The number of nitrogens with one attached hydrogen (secondary N) is 1. The van der Waals surface area contributed by atoms with Gasteiger partial charge in [0.05, 0.1) is 6.04 Å². The molecule has 0 radical (unpaired) electrons. The number of halogens is 1.